The minimum atomic E-state index is -0.110. The highest BCUT2D eigenvalue weighted by Crippen LogP contribution is 2.48. The lowest BCUT2D eigenvalue weighted by Gasteiger charge is -2.20. The van der Waals surface area contributed by atoms with Crippen LogP contribution in [0.2, 0.25) is 0 Å². The van der Waals surface area contributed by atoms with Gasteiger partial charge in [0.1, 0.15) is 0 Å². The van der Waals surface area contributed by atoms with E-state index in [4.69, 9.17) is 0 Å². The number of carbonyl (C=O) groups is 2. The highest BCUT2D eigenvalue weighted by atomic mass is 16.2. The first-order chi connectivity index (χ1) is 9.61. The molecule has 0 aromatic heterocycles. The molecular weight excluding hydrogens is 252 g/mol. The van der Waals surface area contributed by atoms with Gasteiger partial charge in [0.05, 0.1) is 0 Å². The Kier molecular flexibility index (Phi) is 3.47. The van der Waals surface area contributed by atoms with Gasteiger partial charge in [0.15, 0.2) is 0 Å². The lowest BCUT2D eigenvalue weighted by atomic mass is 9.88. The average molecular weight is 272 g/mol. The fraction of sp³-hybridized carbons (Fsp3) is 0.500. The van der Waals surface area contributed by atoms with E-state index >= 15 is 0 Å². The minimum Gasteiger partial charge on any atom is -0.326 e. The van der Waals surface area contributed by atoms with Crippen LogP contribution in [0.5, 0.6) is 0 Å². The van der Waals surface area contributed by atoms with Gasteiger partial charge in [0.2, 0.25) is 11.8 Å². The lowest BCUT2D eigenvalue weighted by Crippen LogP contribution is -2.27. The SMILES string of the molecule is CC(=O)Nc1cccc(NC(=O)[C@H]2C[C@H]3CC[C@@H]2C3)c1. The number of nitrogens with one attached hydrogen (secondary N) is 2. The van der Waals surface area contributed by atoms with E-state index in [1.165, 1.54) is 26.2 Å². The monoisotopic (exact) mass is 272 g/mol. The van der Waals surface area contributed by atoms with Crippen LogP contribution in [0.3, 0.4) is 0 Å². The van der Waals surface area contributed by atoms with E-state index in [0.717, 1.165) is 18.0 Å². The number of rotatable bonds is 3. The van der Waals surface area contributed by atoms with Crippen LogP contribution < -0.4 is 10.6 Å². The first-order valence-electron chi connectivity index (χ1n) is 7.30. The summed E-state index contributed by atoms with van der Waals surface area (Å²) in [5, 5.41) is 5.72. The van der Waals surface area contributed by atoms with Crippen molar-refractivity contribution in [2.75, 3.05) is 10.6 Å². The number of benzene rings is 1. The molecule has 0 aliphatic heterocycles. The van der Waals surface area contributed by atoms with E-state index in [1.54, 1.807) is 6.07 Å². The zero-order chi connectivity index (χ0) is 14.1. The van der Waals surface area contributed by atoms with E-state index in [9.17, 15) is 9.59 Å². The van der Waals surface area contributed by atoms with Crippen molar-refractivity contribution in [3.63, 3.8) is 0 Å². The summed E-state index contributed by atoms with van der Waals surface area (Å²) in [4.78, 5) is 23.4. The Balaban J connectivity index is 1.65. The van der Waals surface area contributed by atoms with E-state index in [-0.39, 0.29) is 17.7 Å². The fourth-order valence-corrected chi connectivity index (χ4v) is 3.68. The molecule has 0 spiro atoms. The quantitative estimate of drug-likeness (QED) is 0.888. The summed E-state index contributed by atoms with van der Waals surface area (Å²) in [6.45, 7) is 1.47. The number of anilines is 2. The maximum Gasteiger partial charge on any atom is 0.227 e. The summed E-state index contributed by atoms with van der Waals surface area (Å²) >= 11 is 0. The smallest absolute Gasteiger partial charge is 0.227 e. The van der Waals surface area contributed by atoms with Crippen molar-refractivity contribution in [2.24, 2.45) is 17.8 Å². The van der Waals surface area contributed by atoms with Gasteiger partial charge in [0, 0.05) is 24.2 Å². The Bertz CT molecular complexity index is 541. The summed E-state index contributed by atoms with van der Waals surface area (Å²) in [7, 11) is 0. The molecule has 4 heteroatoms. The Labute approximate surface area is 118 Å². The standard InChI is InChI=1S/C16H20N2O2/c1-10(19)17-13-3-2-4-14(9-13)18-16(20)15-8-11-5-6-12(15)7-11/h2-4,9,11-12,15H,5-8H2,1H3,(H,17,19)(H,18,20)/t11-,12+,15-/m0/s1. The molecule has 2 N–H and O–H groups in total. The van der Waals surface area contributed by atoms with E-state index in [1.807, 2.05) is 18.2 Å². The largest absolute Gasteiger partial charge is 0.326 e. The van der Waals surface area contributed by atoms with Crippen LogP contribution in [-0.2, 0) is 9.59 Å². The van der Waals surface area contributed by atoms with Crippen molar-refractivity contribution >= 4 is 23.2 Å². The molecule has 0 radical (unpaired) electrons. The Hall–Kier alpha value is -1.84. The molecule has 4 nitrogen and oxygen atoms in total. The van der Waals surface area contributed by atoms with Crippen molar-refractivity contribution in [3.8, 4) is 0 Å². The third-order valence-corrected chi connectivity index (χ3v) is 4.53. The predicted octanol–water partition coefficient (Wildman–Crippen LogP) is 3.02. The van der Waals surface area contributed by atoms with E-state index in [0.29, 0.717) is 11.6 Å². The highest BCUT2D eigenvalue weighted by molar-refractivity contribution is 5.94. The molecule has 2 aliphatic carbocycles. The fourth-order valence-electron chi connectivity index (χ4n) is 3.68. The molecule has 1 aromatic carbocycles. The molecule has 20 heavy (non-hydrogen) atoms. The van der Waals surface area contributed by atoms with Gasteiger partial charge in [-0.2, -0.15) is 0 Å². The third-order valence-electron chi connectivity index (χ3n) is 4.53. The first-order valence-corrected chi connectivity index (χ1v) is 7.30. The van der Waals surface area contributed by atoms with Crippen LogP contribution in [0.4, 0.5) is 11.4 Å². The third kappa shape index (κ3) is 2.69. The molecular formula is C16H20N2O2. The van der Waals surface area contributed by atoms with Gasteiger partial charge in [-0.05, 0) is 49.3 Å². The summed E-state index contributed by atoms with van der Waals surface area (Å²) in [6, 6.07) is 7.30. The van der Waals surface area contributed by atoms with E-state index < -0.39 is 0 Å². The molecule has 2 bridgehead atoms. The van der Waals surface area contributed by atoms with Gasteiger partial charge < -0.3 is 10.6 Å². The Morgan fingerprint density at radius 3 is 2.45 bits per heavy atom. The van der Waals surface area contributed by atoms with Gasteiger partial charge in [-0.1, -0.05) is 12.5 Å². The molecule has 3 rings (SSSR count). The molecule has 1 aromatic rings. The van der Waals surface area contributed by atoms with Crippen molar-refractivity contribution in [1.29, 1.82) is 0 Å². The lowest BCUT2D eigenvalue weighted by molar-refractivity contribution is -0.121. The zero-order valence-electron chi connectivity index (χ0n) is 11.7. The molecule has 2 saturated carbocycles. The van der Waals surface area contributed by atoms with Crippen LogP contribution in [0.1, 0.15) is 32.6 Å². The van der Waals surface area contributed by atoms with Crippen LogP contribution in [0.25, 0.3) is 0 Å². The topological polar surface area (TPSA) is 58.2 Å². The molecule has 2 fully saturated rings. The molecule has 0 unspecified atom stereocenters. The molecule has 0 heterocycles. The second-order valence-electron chi connectivity index (χ2n) is 6.03. The second kappa shape index (κ2) is 5.27. The van der Waals surface area contributed by atoms with Gasteiger partial charge in [0.25, 0.3) is 0 Å². The summed E-state index contributed by atoms with van der Waals surface area (Å²) in [6.07, 6.45) is 4.77. The number of hydrogen-bond acceptors (Lipinski definition) is 2. The Morgan fingerprint density at radius 1 is 1.10 bits per heavy atom. The van der Waals surface area contributed by atoms with Gasteiger partial charge in [-0.15, -0.1) is 0 Å². The predicted molar refractivity (Wildman–Crippen MR) is 78.3 cm³/mol. The summed E-state index contributed by atoms with van der Waals surface area (Å²) in [5.41, 5.74) is 1.47. The van der Waals surface area contributed by atoms with Crippen molar-refractivity contribution < 1.29 is 9.59 Å². The van der Waals surface area contributed by atoms with Crippen LogP contribution >= 0.6 is 0 Å². The number of fused-ring (bicyclic) bond motifs is 2. The average Bonchev–Trinajstić information content (AvgIpc) is 3.00. The molecule has 106 valence electrons. The normalized spacial score (nSPS) is 27.4. The van der Waals surface area contributed by atoms with Crippen molar-refractivity contribution in [2.45, 2.75) is 32.6 Å². The van der Waals surface area contributed by atoms with Gasteiger partial charge in [-0.25, -0.2) is 0 Å². The molecule has 2 aliphatic rings. The van der Waals surface area contributed by atoms with Crippen molar-refractivity contribution in [1.82, 2.24) is 0 Å². The van der Waals surface area contributed by atoms with Crippen LogP contribution in [-0.4, -0.2) is 11.8 Å². The van der Waals surface area contributed by atoms with Crippen LogP contribution in [0.15, 0.2) is 24.3 Å². The maximum absolute atomic E-state index is 12.3. The van der Waals surface area contributed by atoms with E-state index in [2.05, 4.69) is 10.6 Å². The maximum atomic E-state index is 12.3. The van der Waals surface area contributed by atoms with Gasteiger partial charge in [-0.3, -0.25) is 9.59 Å². The minimum absolute atomic E-state index is 0.110. The van der Waals surface area contributed by atoms with Crippen molar-refractivity contribution in [3.05, 3.63) is 24.3 Å². The molecule has 0 saturated heterocycles. The Morgan fingerprint density at radius 2 is 1.85 bits per heavy atom. The first kappa shape index (κ1) is 13.2. The second-order valence-corrected chi connectivity index (χ2v) is 6.03. The number of hydrogen-bond donors (Lipinski definition) is 2. The van der Waals surface area contributed by atoms with Gasteiger partial charge >= 0.3 is 0 Å². The molecule has 2 amide bonds. The number of amides is 2. The summed E-state index contributed by atoms with van der Waals surface area (Å²) in [5.74, 6) is 1.55. The highest BCUT2D eigenvalue weighted by Gasteiger charge is 2.42. The van der Waals surface area contributed by atoms with Crippen LogP contribution in [0, 0.1) is 17.8 Å². The summed E-state index contributed by atoms with van der Waals surface area (Å²) < 4.78 is 0. The molecule has 3 atom stereocenters. The zero-order valence-corrected chi connectivity index (χ0v) is 11.7. The number of carbonyl (C=O) groups excluding carboxylic acids is 2.